The van der Waals surface area contributed by atoms with E-state index in [-0.39, 0.29) is 6.61 Å². The van der Waals surface area contributed by atoms with E-state index >= 15 is 0 Å². The predicted molar refractivity (Wildman–Crippen MR) is 83.5 cm³/mol. The second-order valence-corrected chi connectivity index (χ2v) is 6.97. The zero-order chi connectivity index (χ0) is 13.9. The molecule has 1 aromatic rings. The van der Waals surface area contributed by atoms with Gasteiger partial charge in [-0.25, -0.2) is 4.98 Å². The molecule has 4 nitrogen and oxygen atoms in total. The molecule has 0 saturated carbocycles. The lowest BCUT2D eigenvalue weighted by Gasteiger charge is -2.25. The molecule has 0 spiro atoms. The number of rotatable bonds is 4. The number of aromatic nitrogens is 1. The van der Waals surface area contributed by atoms with Crippen LogP contribution in [-0.2, 0) is 13.0 Å². The number of nitrogens with zero attached hydrogens (tertiary/aromatic N) is 3. The third-order valence-corrected chi connectivity index (χ3v) is 5.61. The van der Waals surface area contributed by atoms with Crippen LogP contribution in [0.1, 0.15) is 43.2 Å². The first-order valence-corrected chi connectivity index (χ1v) is 8.72. The molecule has 1 aromatic heterocycles. The second-order valence-electron chi connectivity index (χ2n) is 5.91. The number of anilines is 1. The average Bonchev–Trinajstić information content (AvgIpc) is 3.01. The number of hydrogen-bond acceptors (Lipinski definition) is 5. The van der Waals surface area contributed by atoms with E-state index in [0.717, 1.165) is 41.6 Å². The van der Waals surface area contributed by atoms with Crippen LogP contribution in [0.5, 0.6) is 0 Å². The molecule has 2 aliphatic rings. The van der Waals surface area contributed by atoms with E-state index in [9.17, 15) is 5.11 Å². The quantitative estimate of drug-likeness (QED) is 0.925. The van der Waals surface area contributed by atoms with Crippen LogP contribution in [0.3, 0.4) is 0 Å². The van der Waals surface area contributed by atoms with Crippen molar-refractivity contribution < 1.29 is 5.11 Å². The zero-order valence-electron chi connectivity index (χ0n) is 12.3. The van der Waals surface area contributed by atoms with Gasteiger partial charge in [0.1, 0.15) is 0 Å². The van der Waals surface area contributed by atoms with Gasteiger partial charge in [-0.3, -0.25) is 4.90 Å². The van der Waals surface area contributed by atoms with Crippen LogP contribution in [0.25, 0.3) is 0 Å². The summed E-state index contributed by atoms with van der Waals surface area (Å²) >= 11 is 1.70. The van der Waals surface area contributed by atoms with Gasteiger partial charge < -0.3 is 10.0 Å². The van der Waals surface area contributed by atoms with Gasteiger partial charge in [-0.2, -0.15) is 0 Å². The molecule has 2 fully saturated rings. The standard InChI is InChI=1S/C15H25N3OS/c1-2-5-13-14(11-19)20-15(16-13)18-9-4-8-17-7-3-6-12(17)10-18/h12,19H,2-11H2,1H3. The first-order chi connectivity index (χ1) is 9.81. The van der Waals surface area contributed by atoms with Crippen molar-refractivity contribution in [1.29, 1.82) is 0 Å². The van der Waals surface area contributed by atoms with Crippen LogP contribution in [-0.4, -0.2) is 47.2 Å². The number of fused-ring (bicyclic) bond motifs is 1. The lowest BCUT2D eigenvalue weighted by molar-refractivity contribution is 0.273. The summed E-state index contributed by atoms with van der Waals surface area (Å²) in [7, 11) is 0. The van der Waals surface area contributed by atoms with Crippen molar-refractivity contribution in [1.82, 2.24) is 9.88 Å². The Labute approximate surface area is 125 Å². The van der Waals surface area contributed by atoms with E-state index in [0.29, 0.717) is 6.04 Å². The summed E-state index contributed by atoms with van der Waals surface area (Å²) in [4.78, 5) is 11.0. The van der Waals surface area contributed by atoms with Crippen LogP contribution in [0, 0.1) is 0 Å². The number of hydrogen-bond donors (Lipinski definition) is 1. The molecule has 0 radical (unpaired) electrons. The molecular formula is C15H25N3OS. The largest absolute Gasteiger partial charge is 0.391 e. The molecule has 0 amide bonds. The van der Waals surface area contributed by atoms with E-state index in [1.54, 1.807) is 11.3 Å². The van der Waals surface area contributed by atoms with Crippen LogP contribution < -0.4 is 4.90 Å². The summed E-state index contributed by atoms with van der Waals surface area (Å²) in [6, 6.07) is 0.716. The predicted octanol–water partition coefficient (Wildman–Crippen LogP) is 2.26. The van der Waals surface area contributed by atoms with Crippen LogP contribution in [0.2, 0.25) is 0 Å². The van der Waals surface area contributed by atoms with E-state index in [1.807, 2.05) is 0 Å². The Morgan fingerprint density at radius 1 is 1.30 bits per heavy atom. The first kappa shape index (κ1) is 14.3. The molecule has 5 heteroatoms. The lowest BCUT2D eigenvalue weighted by atomic mass is 10.2. The molecule has 20 heavy (non-hydrogen) atoms. The van der Waals surface area contributed by atoms with Gasteiger partial charge in [0.2, 0.25) is 0 Å². The molecule has 3 heterocycles. The maximum Gasteiger partial charge on any atom is 0.185 e. The first-order valence-electron chi connectivity index (χ1n) is 7.90. The Kier molecular flexibility index (Phi) is 4.58. The van der Waals surface area contributed by atoms with Gasteiger partial charge in [-0.1, -0.05) is 24.7 Å². The van der Waals surface area contributed by atoms with E-state index in [1.165, 1.54) is 32.4 Å². The molecular weight excluding hydrogens is 270 g/mol. The fourth-order valence-corrected chi connectivity index (χ4v) is 4.44. The van der Waals surface area contributed by atoms with Gasteiger partial charge in [0.25, 0.3) is 0 Å². The molecule has 2 saturated heterocycles. The number of aliphatic hydroxyl groups excluding tert-OH is 1. The van der Waals surface area contributed by atoms with Crippen molar-refractivity contribution in [2.24, 2.45) is 0 Å². The van der Waals surface area contributed by atoms with Gasteiger partial charge in [-0.15, -0.1) is 0 Å². The monoisotopic (exact) mass is 295 g/mol. The summed E-state index contributed by atoms with van der Waals surface area (Å²) in [5.41, 5.74) is 1.11. The smallest absolute Gasteiger partial charge is 0.185 e. The minimum Gasteiger partial charge on any atom is -0.391 e. The van der Waals surface area contributed by atoms with Crippen molar-refractivity contribution in [2.75, 3.05) is 31.1 Å². The number of aliphatic hydroxyl groups is 1. The molecule has 1 unspecified atom stereocenters. The molecule has 2 aliphatic heterocycles. The normalized spacial score (nSPS) is 23.9. The Bertz CT molecular complexity index is 448. The SMILES string of the molecule is CCCc1nc(N2CCCN3CCCC3C2)sc1CO. The van der Waals surface area contributed by atoms with Crippen molar-refractivity contribution in [3.05, 3.63) is 10.6 Å². The van der Waals surface area contributed by atoms with Crippen LogP contribution in [0.15, 0.2) is 0 Å². The lowest BCUT2D eigenvalue weighted by Crippen LogP contribution is -2.36. The van der Waals surface area contributed by atoms with E-state index in [2.05, 4.69) is 16.7 Å². The number of thiazole rings is 1. The zero-order valence-corrected chi connectivity index (χ0v) is 13.2. The Morgan fingerprint density at radius 3 is 2.95 bits per heavy atom. The fraction of sp³-hybridized carbons (Fsp3) is 0.800. The maximum atomic E-state index is 9.51. The minimum atomic E-state index is 0.135. The topological polar surface area (TPSA) is 39.6 Å². The van der Waals surface area contributed by atoms with Gasteiger partial charge in [0.15, 0.2) is 5.13 Å². The van der Waals surface area contributed by atoms with Crippen molar-refractivity contribution in [3.63, 3.8) is 0 Å². The van der Waals surface area contributed by atoms with Gasteiger partial charge in [0.05, 0.1) is 17.2 Å². The number of aryl methyl sites for hydroxylation is 1. The summed E-state index contributed by atoms with van der Waals surface area (Å²) in [5, 5.41) is 10.6. The fourth-order valence-electron chi connectivity index (χ4n) is 3.44. The van der Waals surface area contributed by atoms with Crippen LogP contribution in [0.4, 0.5) is 5.13 Å². The summed E-state index contributed by atoms with van der Waals surface area (Å²) in [6.45, 7) is 7.04. The molecule has 0 aromatic carbocycles. The molecule has 3 rings (SSSR count). The van der Waals surface area contributed by atoms with Crippen molar-refractivity contribution >= 4 is 16.5 Å². The Morgan fingerprint density at radius 2 is 2.15 bits per heavy atom. The molecule has 112 valence electrons. The van der Waals surface area contributed by atoms with Crippen molar-refractivity contribution in [3.8, 4) is 0 Å². The second kappa shape index (κ2) is 6.41. The molecule has 0 aliphatic carbocycles. The van der Waals surface area contributed by atoms with Gasteiger partial charge >= 0.3 is 0 Å². The molecule has 1 N–H and O–H groups in total. The summed E-state index contributed by atoms with van der Waals surface area (Å²) in [5.74, 6) is 0. The van der Waals surface area contributed by atoms with E-state index < -0.39 is 0 Å². The van der Waals surface area contributed by atoms with Crippen molar-refractivity contribution in [2.45, 2.75) is 51.7 Å². The highest BCUT2D eigenvalue weighted by Crippen LogP contribution is 2.30. The highest BCUT2D eigenvalue weighted by molar-refractivity contribution is 7.15. The van der Waals surface area contributed by atoms with Crippen LogP contribution >= 0.6 is 11.3 Å². The van der Waals surface area contributed by atoms with E-state index in [4.69, 9.17) is 4.98 Å². The average molecular weight is 295 g/mol. The Hall–Kier alpha value is -0.650. The third-order valence-electron chi connectivity index (χ3n) is 4.47. The molecule has 0 bridgehead atoms. The maximum absolute atomic E-state index is 9.51. The molecule has 1 atom stereocenters. The Balaban J connectivity index is 1.77. The summed E-state index contributed by atoms with van der Waals surface area (Å²) < 4.78 is 0. The highest BCUT2D eigenvalue weighted by atomic mass is 32.1. The van der Waals surface area contributed by atoms with Gasteiger partial charge in [0, 0.05) is 25.7 Å². The highest BCUT2D eigenvalue weighted by Gasteiger charge is 2.30. The summed E-state index contributed by atoms with van der Waals surface area (Å²) in [6.07, 6.45) is 5.98. The van der Waals surface area contributed by atoms with Gasteiger partial charge in [-0.05, 0) is 32.2 Å². The minimum absolute atomic E-state index is 0.135. The third kappa shape index (κ3) is 2.85.